The molecule has 3 aromatic rings. The van der Waals surface area contributed by atoms with Crippen molar-refractivity contribution in [1.82, 2.24) is 15.1 Å². The molecule has 0 fully saturated rings. The van der Waals surface area contributed by atoms with Crippen LogP contribution in [0.1, 0.15) is 40.5 Å². The smallest absolute Gasteiger partial charge is 0.251 e. The largest absolute Gasteiger partial charge is 0.497 e. The maximum absolute atomic E-state index is 13.3. The second-order valence-electron chi connectivity index (χ2n) is 6.70. The van der Waals surface area contributed by atoms with Gasteiger partial charge in [0.05, 0.1) is 30.1 Å². The number of fused-ring (bicyclic) bond motifs is 1. The number of methoxy groups -OCH3 is 1. The molecular formula is C21H19ClFN3O2. The zero-order valence-electron chi connectivity index (χ0n) is 15.3. The number of carbonyl (C=O) groups is 1. The molecular weight excluding hydrogens is 381 g/mol. The van der Waals surface area contributed by atoms with Crippen molar-refractivity contribution >= 4 is 17.5 Å². The highest BCUT2D eigenvalue weighted by atomic mass is 35.5. The quantitative estimate of drug-likeness (QED) is 0.703. The van der Waals surface area contributed by atoms with Gasteiger partial charge in [-0.15, -0.1) is 0 Å². The summed E-state index contributed by atoms with van der Waals surface area (Å²) in [5.41, 5.74) is 3.36. The van der Waals surface area contributed by atoms with Crippen molar-refractivity contribution in [3.63, 3.8) is 0 Å². The SMILES string of the molecule is COc1ccc(-n2ncc3c2CCCC3NC(=O)c2ccc(F)c(Cl)c2)cc1. The van der Waals surface area contributed by atoms with Crippen molar-refractivity contribution in [2.45, 2.75) is 25.3 Å². The van der Waals surface area contributed by atoms with Gasteiger partial charge in [-0.1, -0.05) is 11.6 Å². The molecule has 0 spiro atoms. The number of aromatic nitrogens is 2. The maximum Gasteiger partial charge on any atom is 0.251 e. The van der Waals surface area contributed by atoms with Crippen LogP contribution in [0.4, 0.5) is 4.39 Å². The van der Waals surface area contributed by atoms with Crippen LogP contribution in [0.5, 0.6) is 5.75 Å². The molecule has 1 aromatic heterocycles. The van der Waals surface area contributed by atoms with E-state index in [1.54, 1.807) is 13.3 Å². The molecule has 1 amide bonds. The van der Waals surface area contributed by atoms with Gasteiger partial charge in [-0.2, -0.15) is 5.10 Å². The summed E-state index contributed by atoms with van der Waals surface area (Å²) in [7, 11) is 1.63. The second kappa shape index (κ2) is 7.64. The standard InChI is InChI=1S/C21H19ClFN3O2/c1-28-15-8-6-14(7-9-15)26-20-4-2-3-19(16(20)12-24-26)25-21(27)13-5-10-18(23)17(22)11-13/h5-12,19H,2-4H2,1H3,(H,25,27). The van der Waals surface area contributed by atoms with Crippen LogP contribution in [-0.4, -0.2) is 22.8 Å². The monoisotopic (exact) mass is 399 g/mol. The minimum absolute atomic E-state index is 0.0655. The van der Waals surface area contributed by atoms with E-state index in [0.29, 0.717) is 5.56 Å². The molecule has 0 aliphatic heterocycles. The lowest BCUT2D eigenvalue weighted by molar-refractivity contribution is 0.0932. The zero-order valence-corrected chi connectivity index (χ0v) is 16.0. The van der Waals surface area contributed by atoms with Crippen molar-refractivity contribution in [2.75, 3.05) is 7.11 Å². The Kier molecular flexibility index (Phi) is 5.05. The average molecular weight is 400 g/mol. The molecule has 1 atom stereocenters. The third-order valence-corrected chi connectivity index (χ3v) is 5.28. The number of nitrogens with one attached hydrogen (secondary N) is 1. The van der Waals surface area contributed by atoms with Crippen LogP contribution in [0.2, 0.25) is 5.02 Å². The van der Waals surface area contributed by atoms with Gasteiger partial charge in [0.15, 0.2) is 0 Å². The Morgan fingerprint density at radius 2 is 2.07 bits per heavy atom. The van der Waals surface area contributed by atoms with E-state index in [9.17, 15) is 9.18 Å². The molecule has 5 nitrogen and oxygen atoms in total. The van der Waals surface area contributed by atoms with Gasteiger partial charge in [0, 0.05) is 16.8 Å². The highest BCUT2D eigenvalue weighted by Gasteiger charge is 2.26. The molecule has 2 aromatic carbocycles. The van der Waals surface area contributed by atoms with E-state index in [0.717, 1.165) is 42.0 Å². The number of hydrogen-bond acceptors (Lipinski definition) is 3. The van der Waals surface area contributed by atoms with Gasteiger partial charge in [0.1, 0.15) is 11.6 Å². The number of nitrogens with zero attached hydrogens (tertiary/aromatic N) is 2. The topological polar surface area (TPSA) is 56.1 Å². The van der Waals surface area contributed by atoms with Crippen LogP contribution in [0.15, 0.2) is 48.7 Å². The van der Waals surface area contributed by atoms with E-state index < -0.39 is 5.82 Å². The Labute approximate surface area is 167 Å². The predicted octanol–water partition coefficient (Wildman–Crippen LogP) is 4.48. The number of rotatable bonds is 4. The third kappa shape index (κ3) is 3.47. The van der Waals surface area contributed by atoms with Crippen LogP contribution >= 0.6 is 11.6 Å². The van der Waals surface area contributed by atoms with Crippen molar-refractivity contribution in [3.05, 3.63) is 76.3 Å². The van der Waals surface area contributed by atoms with E-state index in [1.807, 2.05) is 28.9 Å². The van der Waals surface area contributed by atoms with Crippen LogP contribution in [0.3, 0.4) is 0 Å². The van der Waals surface area contributed by atoms with Crippen molar-refractivity contribution in [2.24, 2.45) is 0 Å². The molecule has 7 heteroatoms. The Morgan fingerprint density at radius 1 is 1.29 bits per heavy atom. The summed E-state index contributed by atoms with van der Waals surface area (Å²) in [6, 6.07) is 11.5. The van der Waals surface area contributed by atoms with Crippen molar-refractivity contribution in [1.29, 1.82) is 0 Å². The van der Waals surface area contributed by atoms with Gasteiger partial charge < -0.3 is 10.1 Å². The van der Waals surface area contributed by atoms with Crippen LogP contribution < -0.4 is 10.1 Å². The number of benzene rings is 2. The highest BCUT2D eigenvalue weighted by Crippen LogP contribution is 2.31. The molecule has 1 unspecified atom stereocenters. The second-order valence-corrected chi connectivity index (χ2v) is 7.11. The zero-order chi connectivity index (χ0) is 19.7. The fraction of sp³-hybridized carbons (Fsp3) is 0.238. The molecule has 1 aliphatic carbocycles. The summed E-state index contributed by atoms with van der Waals surface area (Å²) in [6.07, 6.45) is 4.45. The lowest BCUT2D eigenvalue weighted by atomic mass is 9.92. The number of ether oxygens (including phenoxy) is 1. The van der Waals surface area contributed by atoms with Gasteiger partial charge >= 0.3 is 0 Å². The van der Waals surface area contributed by atoms with Crippen LogP contribution in [0, 0.1) is 5.82 Å². The fourth-order valence-corrected chi connectivity index (χ4v) is 3.71. The average Bonchev–Trinajstić information content (AvgIpc) is 3.15. The van der Waals surface area contributed by atoms with Gasteiger partial charge in [-0.05, 0) is 61.7 Å². The molecule has 0 radical (unpaired) electrons. The van der Waals surface area contributed by atoms with Crippen molar-refractivity contribution < 1.29 is 13.9 Å². The first kappa shape index (κ1) is 18.5. The summed E-state index contributed by atoms with van der Waals surface area (Å²) in [5, 5.41) is 7.50. The molecule has 4 rings (SSSR count). The number of halogens is 2. The molecule has 0 bridgehead atoms. The lowest BCUT2D eigenvalue weighted by Crippen LogP contribution is -2.31. The van der Waals surface area contributed by atoms with E-state index >= 15 is 0 Å². The molecule has 1 heterocycles. The van der Waals surface area contributed by atoms with Gasteiger partial charge in [0.25, 0.3) is 5.91 Å². The highest BCUT2D eigenvalue weighted by molar-refractivity contribution is 6.31. The molecule has 1 aliphatic rings. The minimum Gasteiger partial charge on any atom is -0.497 e. The fourth-order valence-electron chi connectivity index (χ4n) is 3.53. The normalized spacial score (nSPS) is 15.8. The number of carbonyl (C=O) groups excluding carboxylic acids is 1. The summed E-state index contributed by atoms with van der Waals surface area (Å²) in [6.45, 7) is 0. The summed E-state index contributed by atoms with van der Waals surface area (Å²) >= 11 is 5.80. The first-order chi connectivity index (χ1) is 13.6. The third-order valence-electron chi connectivity index (χ3n) is 4.99. The summed E-state index contributed by atoms with van der Waals surface area (Å²) in [4.78, 5) is 12.6. The molecule has 0 saturated heterocycles. The first-order valence-corrected chi connectivity index (χ1v) is 9.42. The van der Waals surface area contributed by atoms with Gasteiger partial charge in [-0.25, -0.2) is 9.07 Å². The maximum atomic E-state index is 13.3. The van der Waals surface area contributed by atoms with E-state index in [4.69, 9.17) is 16.3 Å². The Bertz CT molecular complexity index is 1020. The van der Waals surface area contributed by atoms with Crippen LogP contribution in [0.25, 0.3) is 5.69 Å². The predicted molar refractivity (Wildman–Crippen MR) is 105 cm³/mol. The Morgan fingerprint density at radius 3 is 2.79 bits per heavy atom. The Hall–Kier alpha value is -2.86. The van der Waals surface area contributed by atoms with E-state index in [1.165, 1.54) is 18.2 Å². The minimum atomic E-state index is -0.543. The van der Waals surface area contributed by atoms with E-state index in [2.05, 4.69) is 10.4 Å². The first-order valence-electron chi connectivity index (χ1n) is 9.04. The molecule has 0 saturated carbocycles. The van der Waals surface area contributed by atoms with E-state index in [-0.39, 0.29) is 17.0 Å². The molecule has 28 heavy (non-hydrogen) atoms. The number of hydrogen-bond donors (Lipinski definition) is 1. The lowest BCUT2D eigenvalue weighted by Gasteiger charge is -2.24. The van der Waals surface area contributed by atoms with Crippen molar-refractivity contribution in [3.8, 4) is 11.4 Å². The molecule has 144 valence electrons. The van der Waals surface area contributed by atoms with Gasteiger partial charge in [-0.3, -0.25) is 4.79 Å². The summed E-state index contributed by atoms with van der Waals surface area (Å²) in [5.74, 6) is -0.0382. The van der Waals surface area contributed by atoms with Gasteiger partial charge in [0.2, 0.25) is 0 Å². The molecule has 1 N–H and O–H groups in total. The Balaban J connectivity index is 1.58. The number of amides is 1. The summed E-state index contributed by atoms with van der Waals surface area (Å²) < 4.78 is 20.5. The van der Waals surface area contributed by atoms with Crippen LogP contribution in [-0.2, 0) is 6.42 Å².